The third-order valence-corrected chi connectivity index (χ3v) is 5.82. The fourth-order valence-electron chi connectivity index (χ4n) is 3.98. The Morgan fingerprint density at radius 1 is 1.16 bits per heavy atom. The van der Waals surface area contributed by atoms with Gasteiger partial charge in [0.2, 0.25) is 5.91 Å². The molecule has 2 atom stereocenters. The number of hydrogen-bond donors (Lipinski definition) is 1. The summed E-state index contributed by atoms with van der Waals surface area (Å²) in [5.74, 6) is 0.378. The van der Waals surface area contributed by atoms with E-state index in [4.69, 9.17) is 4.74 Å². The zero-order chi connectivity index (χ0) is 22.0. The largest absolute Gasteiger partial charge is 0.490 e. The molecule has 2 aromatic rings. The average Bonchev–Trinajstić information content (AvgIpc) is 3.57. The number of rotatable bonds is 6. The molecule has 8 heteroatoms. The smallest absolute Gasteiger partial charge is 0.416 e. The average molecular weight is 434 g/mol. The van der Waals surface area contributed by atoms with Gasteiger partial charge in [-0.3, -0.25) is 9.78 Å². The van der Waals surface area contributed by atoms with Crippen LogP contribution in [0.2, 0.25) is 0 Å². The van der Waals surface area contributed by atoms with Crippen LogP contribution in [-0.4, -0.2) is 39.6 Å². The Labute approximate surface area is 178 Å². The second-order valence-corrected chi connectivity index (χ2v) is 8.20. The van der Waals surface area contributed by atoms with E-state index in [2.05, 4.69) is 4.98 Å². The first-order chi connectivity index (χ1) is 14.8. The lowest BCUT2D eigenvalue weighted by atomic mass is 9.92. The van der Waals surface area contributed by atoms with Crippen molar-refractivity contribution in [3.8, 4) is 5.75 Å². The zero-order valence-electron chi connectivity index (χ0n) is 17.0. The van der Waals surface area contributed by atoms with Crippen LogP contribution in [0.4, 0.5) is 13.2 Å². The van der Waals surface area contributed by atoms with Crippen LogP contribution in [0.15, 0.2) is 42.7 Å². The van der Waals surface area contributed by atoms with Crippen molar-refractivity contribution in [1.82, 2.24) is 9.88 Å². The van der Waals surface area contributed by atoms with Crippen LogP contribution in [-0.2, 0) is 17.4 Å². The number of hydrogen-bond acceptors (Lipinski definition) is 4. The second kappa shape index (κ2) is 8.86. The molecule has 0 radical (unpaired) electrons. The summed E-state index contributed by atoms with van der Waals surface area (Å²) in [7, 11) is 0. The van der Waals surface area contributed by atoms with Crippen molar-refractivity contribution in [2.45, 2.75) is 63.0 Å². The Balaban J connectivity index is 1.49. The molecule has 2 aliphatic rings. The summed E-state index contributed by atoms with van der Waals surface area (Å²) in [5, 5.41) is 11.1. The number of halogens is 3. The SMILES string of the molecule is O=C(Cc1ccc(C(F)(F)F)cc1)N1CCCC[C@@H]1C(O)c1cnccc1OC1CC1. The van der Waals surface area contributed by atoms with E-state index in [-0.39, 0.29) is 18.4 Å². The third kappa shape index (κ3) is 5.18. The van der Waals surface area contributed by atoms with Gasteiger partial charge in [-0.2, -0.15) is 13.2 Å². The molecule has 1 amide bonds. The maximum atomic E-state index is 13.0. The van der Waals surface area contributed by atoms with Crippen molar-refractivity contribution in [2.75, 3.05) is 6.54 Å². The van der Waals surface area contributed by atoms with Crippen molar-refractivity contribution in [3.05, 3.63) is 59.4 Å². The van der Waals surface area contributed by atoms with Gasteiger partial charge in [-0.05, 0) is 55.9 Å². The molecule has 2 heterocycles. The van der Waals surface area contributed by atoms with Gasteiger partial charge in [-0.15, -0.1) is 0 Å². The molecule has 1 saturated carbocycles. The minimum absolute atomic E-state index is 0.0141. The van der Waals surface area contributed by atoms with Gasteiger partial charge in [0.15, 0.2) is 0 Å². The minimum Gasteiger partial charge on any atom is -0.490 e. The van der Waals surface area contributed by atoms with E-state index in [1.165, 1.54) is 12.1 Å². The summed E-state index contributed by atoms with van der Waals surface area (Å²) in [6.45, 7) is 0.500. The van der Waals surface area contributed by atoms with Gasteiger partial charge in [-0.1, -0.05) is 12.1 Å². The van der Waals surface area contributed by atoms with Crippen LogP contribution in [0.3, 0.4) is 0 Å². The number of carbonyl (C=O) groups is 1. The van der Waals surface area contributed by atoms with Crippen molar-refractivity contribution in [1.29, 1.82) is 0 Å². The number of nitrogens with zero attached hydrogens (tertiary/aromatic N) is 2. The van der Waals surface area contributed by atoms with Crippen LogP contribution >= 0.6 is 0 Å². The summed E-state index contributed by atoms with van der Waals surface area (Å²) in [6.07, 6.45) is 2.30. The van der Waals surface area contributed by atoms with Crippen molar-refractivity contribution in [2.24, 2.45) is 0 Å². The third-order valence-electron chi connectivity index (χ3n) is 5.82. The molecule has 0 spiro atoms. The van der Waals surface area contributed by atoms with Gasteiger partial charge in [0.1, 0.15) is 11.9 Å². The Bertz CT molecular complexity index is 913. The van der Waals surface area contributed by atoms with Crippen LogP contribution in [0.5, 0.6) is 5.75 Å². The van der Waals surface area contributed by atoms with Crippen molar-refractivity contribution in [3.63, 3.8) is 0 Å². The number of piperidine rings is 1. The van der Waals surface area contributed by atoms with Crippen LogP contribution in [0, 0.1) is 0 Å². The number of aliphatic hydroxyl groups excluding tert-OH is 1. The molecular formula is C23H25F3N2O3. The Morgan fingerprint density at radius 2 is 1.90 bits per heavy atom. The van der Waals surface area contributed by atoms with E-state index in [0.717, 1.165) is 37.8 Å². The quantitative estimate of drug-likeness (QED) is 0.737. The molecule has 0 bridgehead atoms. The van der Waals surface area contributed by atoms with E-state index >= 15 is 0 Å². The Kier molecular flexibility index (Phi) is 6.18. The summed E-state index contributed by atoms with van der Waals surface area (Å²) in [6, 6.07) is 5.94. The van der Waals surface area contributed by atoms with Gasteiger partial charge in [0.25, 0.3) is 0 Å². The summed E-state index contributed by atoms with van der Waals surface area (Å²) >= 11 is 0. The first kappa shape index (κ1) is 21.6. The van der Waals surface area contributed by atoms with E-state index < -0.39 is 23.9 Å². The number of ether oxygens (including phenoxy) is 1. The Morgan fingerprint density at radius 3 is 2.58 bits per heavy atom. The predicted octanol–water partition coefficient (Wildman–Crippen LogP) is 4.30. The van der Waals surface area contributed by atoms with Crippen LogP contribution < -0.4 is 4.74 Å². The van der Waals surface area contributed by atoms with Gasteiger partial charge >= 0.3 is 6.18 Å². The standard InChI is InChI=1S/C23H25F3N2O3/c24-23(25,26)16-6-4-15(5-7-16)13-21(29)28-12-2-1-3-19(28)22(30)18-14-27-11-10-20(18)31-17-8-9-17/h4-7,10-11,14,17,19,22,30H,1-3,8-9,12-13H2/t19-,22?/m1/s1. The lowest BCUT2D eigenvalue weighted by Crippen LogP contribution is -2.47. The first-order valence-electron chi connectivity index (χ1n) is 10.6. The van der Waals surface area contributed by atoms with Crippen molar-refractivity contribution >= 4 is 5.91 Å². The van der Waals surface area contributed by atoms with E-state index in [1.54, 1.807) is 23.4 Å². The number of carbonyl (C=O) groups excluding carboxylic acids is 1. The first-order valence-corrected chi connectivity index (χ1v) is 10.6. The molecule has 1 aromatic heterocycles. The number of pyridine rings is 1. The van der Waals surface area contributed by atoms with E-state index in [0.29, 0.717) is 29.8 Å². The summed E-state index contributed by atoms with van der Waals surface area (Å²) < 4.78 is 44.2. The molecule has 1 N–H and O–H groups in total. The molecule has 1 aliphatic carbocycles. The molecule has 4 rings (SSSR count). The summed E-state index contributed by atoms with van der Waals surface area (Å²) in [4.78, 5) is 18.8. The fourth-order valence-corrected chi connectivity index (χ4v) is 3.98. The molecule has 1 aromatic carbocycles. The highest BCUT2D eigenvalue weighted by Gasteiger charge is 2.35. The number of alkyl halides is 3. The number of benzene rings is 1. The second-order valence-electron chi connectivity index (χ2n) is 8.20. The Hall–Kier alpha value is -2.61. The number of likely N-dealkylation sites (tertiary alicyclic amines) is 1. The van der Waals surface area contributed by atoms with Gasteiger partial charge in [-0.25, -0.2) is 0 Å². The molecule has 1 saturated heterocycles. The van der Waals surface area contributed by atoms with Gasteiger partial charge in [0.05, 0.1) is 24.1 Å². The lowest BCUT2D eigenvalue weighted by molar-refractivity contribution is -0.137. The molecule has 2 fully saturated rings. The highest BCUT2D eigenvalue weighted by Crippen LogP contribution is 2.36. The number of aromatic nitrogens is 1. The van der Waals surface area contributed by atoms with E-state index in [9.17, 15) is 23.1 Å². The summed E-state index contributed by atoms with van der Waals surface area (Å²) in [5.41, 5.74) is 0.333. The predicted molar refractivity (Wildman–Crippen MR) is 107 cm³/mol. The van der Waals surface area contributed by atoms with Gasteiger partial charge < -0.3 is 14.7 Å². The van der Waals surface area contributed by atoms with Crippen LogP contribution in [0.25, 0.3) is 0 Å². The number of amides is 1. The fraction of sp³-hybridized carbons (Fsp3) is 0.478. The lowest BCUT2D eigenvalue weighted by Gasteiger charge is -2.39. The molecule has 1 unspecified atom stereocenters. The maximum Gasteiger partial charge on any atom is 0.416 e. The molecule has 5 nitrogen and oxygen atoms in total. The molecule has 166 valence electrons. The van der Waals surface area contributed by atoms with E-state index in [1.807, 2.05) is 0 Å². The highest BCUT2D eigenvalue weighted by molar-refractivity contribution is 5.79. The monoisotopic (exact) mass is 434 g/mol. The van der Waals surface area contributed by atoms with Gasteiger partial charge in [0, 0.05) is 24.5 Å². The van der Waals surface area contributed by atoms with Crippen LogP contribution in [0.1, 0.15) is 54.9 Å². The molecule has 1 aliphatic heterocycles. The number of aliphatic hydroxyl groups is 1. The van der Waals surface area contributed by atoms with Crippen molar-refractivity contribution < 1.29 is 27.8 Å². The molecule has 31 heavy (non-hydrogen) atoms. The highest BCUT2D eigenvalue weighted by atomic mass is 19.4. The topological polar surface area (TPSA) is 62.7 Å². The normalized spacial score (nSPS) is 20.4. The zero-order valence-corrected chi connectivity index (χ0v) is 17.0. The molecular weight excluding hydrogens is 409 g/mol. The maximum absolute atomic E-state index is 13.0. The minimum atomic E-state index is -4.41.